The Morgan fingerprint density at radius 3 is 2.69 bits per heavy atom. The number of rotatable bonds is 5. The first-order valence-electron chi connectivity index (χ1n) is 9.68. The molecule has 0 aromatic heterocycles. The molecule has 144 valence electrons. The number of phenols is 1. The highest BCUT2D eigenvalue weighted by atomic mass is 16.3. The number of amides is 1. The lowest BCUT2D eigenvalue weighted by Crippen LogP contribution is -2.56. The molecule has 0 radical (unpaired) electrons. The molecule has 0 aliphatic carbocycles. The first kappa shape index (κ1) is 19.1. The number of nitrogens with one attached hydrogen (secondary N) is 2. The molecule has 1 aromatic rings. The fourth-order valence-corrected chi connectivity index (χ4v) is 3.70. The second-order valence-electron chi connectivity index (χ2n) is 8.05. The molecule has 6 nitrogen and oxygen atoms in total. The van der Waals surface area contributed by atoms with E-state index in [1.54, 1.807) is 12.1 Å². The molecule has 1 amide bonds. The van der Waals surface area contributed by atoms with Crippen molar-refractivity contribution in [1.29, 1.82) is 0 Å². The predicted molar refractivity (Wildman–Crippen MR) is 103 cm³/mol. The van der Waals surface area contributed by atoms with Crippen LogP contribution >= 0.6 is 0 Å². The minimum Gasteiger partial charge on any atom is -0.508 e. The molecule has 2 aliphatic rings. The second-order valence-corrected chi connectivity index (χ2v) is 8.05. The third-order valence-corrected chi connectivity index (χ3v) is 5.65. The van der Waals surface area contributed by atoms with Crippen molar-refractivity contribution in [2.75, 3.05) is 39.8 Å². The Labute approximate surface area is 156 Å². The SMILES string of the molecule is CC(C)[C@@H](CN1CCN(C)CC1)NC(=O)[C@H]1Cc2ccc(O)cc2CN1. The first-order valence-corrected chi connectivity index (χ1v) is 9.68. The highest BCUT2D eigenvalue weighted by Crippen LogP contribution is 2.21. The number of likely N-dealkylation sites (N-methyl/N-ethyl adjacent to an activating group) is 1. The maximum Gasteiger partial charge on any atom is 0.237 e. The molecule has 2 heterocycles. The molecular weight excluding hydrogens is 328 g/mol. The summed E-state index contributed by atoms with van der Waals surface area (Å²) in [5.41, 5.74) is 2.22. The van der Waals surface area contributed by atoms with Gasteiger partial charge in [-0.2, -0.15) is 0 Å². The van der Waals surface area contributed by atoms with Gasteiger partial charge in [0, 0.05) is 45.3 Å². The zero-order valence-corrected chi connectivity index (χ0v) is 16.2. The molecule has 2 atom stereocenters. The van der Waals surface area contributed by atoms with Gasteiger partial charge in [0.15, 0.2) is 0 Å². The van der Waals surface area contributed by atoms with E-state index in [4.69, 9.17) is 0 Å². The summed E-state index contributed by atoms with van der Waals surface area (Å²) in [7, 11) is 2.16. The molecule has 3 rings (SSSR count). The summed E-state index contributed by atoms with van der Waals surface area (Å²) >= 11 is 0. The first-order chi connectivity index (χ1) is 12.4. The minimum atomic E-state index is -0.208. The number of nitrogens with zero attached hydrogens (tertiary/aromatic N) is 2. The van der Waals surface area contributed by atoms with Crippen LogP contribution in [-0.4, -0.2) is 72.7 Å². The quantitative estimate of drug-likeness (QED) is 0.725. The summed E-state index contributed by atoms with van der Waals surface area (Å²) in [6, 6.07) is 5.36. The molecule has 26 heavy (non-hydrogen) atoms. The Kier molecular flexibility index (Phi) is 6.16. The number of phenolic OH excluding ortho intramolecular Hbond substituents is 1. The van der Waals surface area contributed by atoms with E-state index in [-0.39, 0.29) is 23.7 Å². The van der Waals surface area contributed by atoms with Crippen LogP contribution in [0.1, 0.15) is 25.0 Å². The van der Waals surface area contributed by atoms with Gasteiger partial charge in [0.2, 0.25) is 5.91 Å². The second kappa shape index (κ2) is 8.37. The number of fused-ring (bicyclic) bond motifs is 1. The number of piperazine rings is 1. The van der Waals surface area contributed by atoms with E-state index in [2.05, 4.69) is 41.3 Å². The summed E-state index contributed by atoms with van der Waals surface area (Å²) in [4.78, 5) is 17.6. The van der Waals surface area contributed by atoms with Gasteiger partial charge in [-0.3, -0.25) is 9.69 Å². The Morgan fingerprint density at radius 1 is 1.27 bits per heavy atom. The number of aromatic hydroxyl groups is 1. The van der Waals surface area contributed by atoms with Crippen LogP contribution < -0.4 is 10.6 Å². The van der Waals surface area contributed by atoms with Gasteiger partial charge in [0.25, 0.3) is 0 Å². The summed E-state index contributed by atoms with van der Waals surface area (Å²) < 4.78 is 0. The zero-order valence-electron chi connectivity index (χ0n) is 16.2. The van der Waals surface area contributed by atoms with Crippen LogP contribution in [-0.2, 0) is 17.8 Å². The van der Waals surface area contributed by atoms with E-state index in [9.17, 15) is 9.90 Å². The maximum atomic E-state index is 12.8. The monoisotopic (exact) mass is 360 g/mol. The number of carbonyl (C=O) groups excluding carboxylic acids is 1. The molecule has 1 saturated heterocycles. The summed E-state index contributed by atoms with van der Waals surface area (Å²) in [5, 5.41) is 16.2. The summed E-state index contributed by atoms with van der Waals surface area (Å²) in [5.74, 6) is 0.753. The van der Waals surface area contributed by atoms with Crippen molar-refractivity contribution in [1.82, 2.24) is 20.4 Å². The molecule has 6 heteroatoms. The van der Waals surface area contributed by atoms with E-state index in [0.29, 0.717) is 18.9 Å². The lowest BCUT2D eigenvalue weighted by Gasteiger charge is -2.36. The Morgan fingerprint density at radius 2 is 2.00 bits per heavy atom. The van der Waals surface area contributed by atoms with Crippen molar-refractivity contribution >= 4 is 5.91 Å². The fourth-order valence-electron chi connectivity index (χ4n) is 3.70. The van der Waals surface area contributed by atoms with E-state index in [1.807, 2.05) is 6.07 Å². The Balaban J connectivity index is 1.57. The van der Waals surface area contributed by atoms with Crippen LogP contribution in [0.5, 0.6) is 5.75 Å². The third kappa shape index (κ3) is 4.75. The van der Waals surface area contributed by atoms with Gasteiger partial charge in [0.1, 0.15) is 5.75 Å². The number of hydrogen-bond donors (Lipinski definition) is 3. The lowest BCUT2D eigenvalue weighted by atomic mass is 9.94. The van der Waals surface area contributed by atoms with Crippen LogP contribution in [0.25, 0.3) is 0 Å². The lowest BCUT2D eigenvalue weighted by molar-refractivity contribution is -0.124. The highest BCUT2D eigenvalue weighted by Gasteiger charge is 2.28. The molecule has 0 spiro atoms. The van der Waals surface area contributed by atoms with Crippen LogP contribution in [0.15, 0.2) is 18.2 Å². The number of hydrogen-bond acceptors (Lipinski definition) is 5. The van der Waals surface area contributed by atoms with E-state index in [1.165, 1.54) is 0 Å². The van der Waals surface area contributed by atoms with Crippen LogP contribution in [0.4, 0.5) is 0 Å². The Bertz CT molecular complexity index is 626. The van der Waals surface area contributed by atoms with E-state index in [0.717, 1.165) is 43.9 Å². The average molecular weight is 361 g/mol. The fraction of sp³-hybridized carbons (Fsp3) is 0.650. The van der Waals surface area contributed by atoms with Crippen molar-refractivity contribution in [3.8, 4) is 5.75 Å². The molecule has 1 fully saturated rings. The van der Waals surface area contributed by atoms with Crippen LogP contribution in [0.2, 0.25) is 0 Å². The van der Waals surface area contributed by atoms with E-state index < -0.39 is 0 Å². The standard InChI is InChI=1S/C20H32N4O2/c1-14(2)19(13-24-8-6-23(3)7-9-24)22-20(26)18-11-15-4-5-17(25)10-16(15)12-21-18/h4-5,10,14,18-19,21,25H,6-9,11-13H2,1-3H3,(H,22,26)/t18-,19-/m1/s1. The van der Waals surface area contributed by atoms with Crippen LogP contribution in [0, 0.1) is 5.92 Å². The number of carbonyl (C=O) groups is 1. The van der Waals surface area contributed by atoms with Crippen molar-refractivity contribution in [3.05, 3.63) is 29.3 Å². The van der Waals surface area contributed by atoms with Gasteiger partial charge in [-0.25, -0.2) is 0 Å². The topological polar surface area (TPSA) is 67.8 Å². The van der Waals surface area contributed by atoms with Gasteiger partial charge in [-0.1, -0.05) is 19.9 Å². The van der Waals surface area contributed by atoms with E-state index >= 15 is 0 Å². The number of benzene rings is 1. The van der Waals surface area contributed by atoms with Gasteiger partial charge in [-0.05, 0) is 42.6 Å². The maximum absolute atomic E-state index is 12.8. The summed E-state index contributed by atoms with van der Waals surface area (Å²) in [6.07, 6.45) is 0.667. The summed E-state index contributed by atoms with van der Waals surface area (Å²) in [6.45, 7) is 10.2. The Hall–Kier alpha value is -1.63. The van der Waals surface area contributed by atoms with Crippen molar-refractivity contribution in [2.24, 2.45) is 5.92 Å². The highest BCUT2D eigenvalue weighted by molar-refractivity contribution is 5.82. The molecule has 0 unspecified atom stereocenters. The van der Waals surface area contributed by atoms with Crippen molar-refractivity contribution in [2.45, 2.75) is 38.9 Å². The van der Waals surface area contributed by atoms with Crippen molar-refractivity contribution < 1.29 is 9.90 Å². The third-order valence-electron chi connectivity index (χ3n) is 5.65. The zero-order chi connectivity index (χ0) is 18.7. The molecule has 0 bridgehead atoms. The molecule has 0 saturated carbocycles. The largest absolute Gasteiger partial charge is 0.508 e. The smallest absolute Gasteiger partial charge is 0.237 e. The molecule has 3 N–H and O–H groups in total. The molecule has 1 aromatic carbocycles. The van der Waals surface area contributed by atoms with Gasteiger partial charge in [0.05, 0.1) is 6.04 Å². The van der Waals surface area contributed by atoms with Gasteiger partial charge >= 0.3 is 0 Å². The normalized spacial score (nSPS) is 22.8. The van der Waals surface area contributed by atoms with Crippen molar-refractivity contribution in [3.63, 3.8) is 0 Å². The molecular formula is C20H32N4O2. The predicted octanol–water partition coefficient (Wildman–Crippen LogP) is 0.795. The van der Waals surface area contributed by atoms with Gasteiger partial charge < -0.3 is 20.6 Å². The van der Waals surface area contributed by atoms with Crippen LogP contribution in [0.3, 0.4) is 0 Å². The average Bonchev–Trinajstić information content (AvgIpc) is 2.62. The molecule has 2 aliphatic heterocycles. The van der Waals surface area contributed by atoms with Gasteiger partial charge in [-0.15, -0.1) is 0 Å². The minimum absolute atomic E-state index is 0.0801.